The monoisotopic (exact) mass is 606 g/mol. The van der Waals surface area contributed by atoms with E-state index in [1.54, 1.807) is 0 Å². The number of rotatable bonds is 9. The average molecular weight is 607 g/mol. The summed E-state index contributed by atoms with van der Waals surface area (Å²) in [5.74, 6) is -1.52. The number of hydrogen-bond acceptors (Lipinski definition) is 5. The topological polar surface area (TPSA) is 91.4 Å². The number of aromatic nitrogens is 1. The van der Waals surface area contributed by atoms with E-state index in [1.807, 2.05) is 36.1 Å². The number of anilines is 2. The Morgan fingerprint density at radius 2 is 1.76 bits per heavy atom. The van der Waals surface area contributed by atoms with E-state index in [-0.39, 0.29) is 24.5 Å². The van der Waals surface area contributed by atoms with E-state index in [4.69, 9.17) is 0 Å². The number of amides is 1. The fourth-order valence-corrected chi connectivity index (χ4v) is 5.59. The fraction of sp³-hybridized carbons (Fsp3) is 0.400. The quantitative estimate of drug-likeness (QED) is 0.301. The predicted octanol–water partition coefficient (Wildman–Crippen LogP) is 5.80. The first-order valence-electron chi connectivity index (χ1n) is 13.6. The normalized spacial score (nSPS) is 15.4. The van der Waals surface area contributed by atoms with Gasteiger partial charge in [0.2, 0.25) is 15.9 Å². The van der Waals surface area contributed by atoms with Crippen LogP contribution in [0.4, 0.5) is 29.1 Å². The van der Waals surface area contributed by atoms with Crippen molar-refractivity contribution in [3.8, 4) is 0 Å². The van der Waals surface area contributed by atoms with Crippen molar-refractivity contribution in [2.45, 2.75) is 51.7 Å². The minimum absolute atomic E-state index is 0.0776. The van der Waals surface area contributed by atoms with Gasteiger partial charge in [-0.1, -0.05) is 43.3 Å². The van der Waals surface area contributed by atoms with Crippen LogP contribution in [0.2, 0.25) is 0 Å². The van der Waals surface area contributed by atoms with Gasteiger partial charge in [0.05, 0.1) is 17.9 Å². The van der Waals surface area contributed by atoms with Crippen molar-refractivity contribution in [3.63, 3.8) is 0 Å². The van der Waals surface area contributed by atoms with Crippen LogP contribution in [0.1, 0.15) is 53.6 Å². The first kappa shape index (κ1) is 31.3. The zero-order valence-electron chi connectivity index (χ0n) is 23.6. The Balaban J connectivity index is 1.63. The number of carbonyl (C=O) groups is 1. The molecule has 0 bridgehead atoms. The first-order chi connectivity index (χ1) is 19.7. The molecular weight excluding hydrogens is 572 g/mol. The first-order valence-corrected chi connectivity index (χ1v) is 15.5. The summed E-state index contributed by atoms with van der Waals surface area (Å²) in [6.45, 7) is 5.02. The molecule has 1 aliphatic rings. The number of benzene rings is 2. The summed E-state index contributed by atoms with van der Waals surface area (Å²) in [5, 5.41) is 2.84. The molecule has 0 aliphatic carbocycles. The number of nitrogens with zero attached hydrogens (tertiary/aromatic N) is 2. The lowest BCUT2D eigenvalue weighted by Crippen LogP contribution is -2.36. The van der Waals surface area contributed by atoms with Gasteiger partial charge in [0.25, 0.3) is 0 Å². The van der Waals surface area contributed by atoms with Crippen molar-refractivity contribution in [1.82, 2.24) is 10.3 Å². The third-order valence-corrected chi connectivity index (χ3v) is 8.07. The Hall–Kier alpha value is -3.67. The molecular formula is C30H34F4N4O3S. The number of nitrogens with one attached hydrogen (secondary N) is 2. The van der Waals surface area contributed by atoms with Gasteiger partial charge in [0.1, 0.15) is 17.3 Å². The van der Waals surface area contributed by atoms with Gasteiger partial charge in [-0.25, -0.2) is 17.8 Å². The van der Waals surface area contributed by atoms with Crippen molar-refractivity contribution in [1.29, 1.82) is 0 Å². The van der Waals surface area contributed by atoms with E-state index in [2.05, 4.69) is 21.9 Å². The molecule has 1 amide bonds. The molecule has 1 unspecified atom stereocenters. The summed E-state index contributed by atoms with van der Waals surface area (Å²) in [4.78, 5) is 19.4. The molecule has 0 spiro atoms. The van der Waals surface area contributed by atoms with E-state index in [0.717, 1.165) is 42.4 Å². The molecule has 0 saturated carbocycles. The zero-order chi connectivity index (χ0) is 30.7. The molecule has 2 N–H and O–H groups in total. The Kier molecular flexibility index (Phi) is 9.44. The van der Waals surface area contributed by atoms with E-state index >= 15 is 0 Å². The van der Waals surface area contributed by atoms with Crippen molar-refractivity contribution < 1.29 is 30.8 Å². The highest BCUT2D eigenvalue weighted by atomic mass is 32.2. The van der Waals surface area contributed by atoms with Crippen LogP contribution in [0.5, 0.6) is 0 Å². The molecule has 12 heteroatoms. The van der Waals surface area contributed by atoms with Crippen molar-refractivity contribution in [2.75, 3.05) is 29.0 Å². The second-order valence-electron chi connectivity index (χ2n) is 10.9. The molecule has 1 atom stereocenters. The number of pyridine rings is 1. The standard InChI is InChI=1S/C30H34F4N4O3S/c1-19-12-14-38(15-13-19)28-23(9-11-27(36-28)30(32,33)34)18-35-29(39)24(16-21-7-5-4-6-20(21)2)22-8-10-26(25(31)17-22)37-42(3,40)41/h4-11,17,19,24,37H,12-16,18H2,1-3H3,(H,35,39). The van der Waals surface area contributed by atoms with Gasteiger partial charge in [0.15, 0.2) is 0 Å². The van der Waals surface area contributed by atoms with Crippen molar-refractivity contribution in [2.24, 2.45) is 5.92 Å². The lowest BCUT2D eigenvalue weighted by Gasteiger charge is -2.33. The Labute approximate surface area is 243 Å². The van der Waals surface area contributed by atoms with Gasteiger partial charge < -0.3 is 10.2 Å². The summed E-state index contributed by atoms with van der Waals surface area (Å²) in [5.41, 5.74) is 1.31. The maximum absolute atomic E-state index is 14.9. The summed E-state index contributed by atoms with van der Waals surface area (Å²) >= 11 is 0. The zero-order valence-corrected chi connectivity index (χ0v) is 24.4. The van der Waals surface area contributed by atoms with Crippen LogP contribution >= 0.6 is 0 Å². The van der Waals surface area contributed by atoms with Crippen LogP contribution in [0.25, 0.3) is 0 Å². The smallest absolute Gasteiger partial charge is 0.356 e. The third-order valence-electron chi connectivity index (χ3n) is 7.48. The molecule has 7 nitrogen and oxygen atoms in total. The lowest BCUT2D eigenvalue weighted by molar-refractivity contribution is -0.141. The SMILES string of the molecule is Cc1ccccc1CC(C(=O)NCc1ccc(C(F)(F)F)nc1N1CCC(C)CC1)c1ccc(NS(C)(=O)=O)c(F)c1. The number of halogens is 4. The van der Waals surface area contributed by atoms with Gasteiger partial charge >= 0.3 is 6.18 Å². The van der Waals surface area contributed by atoms with E-state index < -0.39 is 39.5 Å². The number of piperidine rings is 1. The largest absolute Gasteiger partial charge is 0.433 e. The summed E-state index contributed by atoms with van der Waals surface area (Å²) in [6.07, 6.45) is -1.85. The van der Waals surface area contributed by atoms with Gasteiger partial charge in [-0.2, -0.15) is 13.2 Å². The molecule has 1 aliphatic heterocycles. The van der Waals surface area contributed by atoms with Crippen LogP contribution in [0, 0.1) is 18.7 Å². The van der Waals surface area contributed by atoms with Gasteiger partial charge in [-0.3, -0.25) is 9.52 Å². The Morgan fingerprint density at radius 3 is 2.38 bits per heavy atom. The average Bonchev–Trinajstić information content (AvgIpc) is 2.91. The number of sulfonamides is 1. The van der Waals surface area contributed by atoms with Crippen LogP contribution < -0.4 is 14.9 Å². The predicted molar refractivity (Wildman–Crippen MR) is 154 cm³/mol. The summed E-state index contributed by atoms with van der Waals surface area (Å²) in [6, 6.07) is 13.6. The highest BCUT2D eigenvalue weighted by Gasteiger charge is 2.34. The van der Waals surface area contributed by atoms with Crippen LogP contribution in [-0.4, -0.2) is 38.7 Å². The van der Waals surface area contributed by atoms with Crippen LogP contribution in [0.3, 0.4) is 0 Å². The minimum Gasteiger partial charge on any atom is -0.356 e. The maximum Gasteiger partial charge on any atom is 0.433 e. The van der Waals surface area contributed by atoms with Crippen LogP contribution in [-0.2, 0) is 34.0 Å². The van der Waals surface area contributed by atoms with Crippen molar-refractivity contribution >= 4 is 27.4 Å². The fourth-order valence-electron chi connectivity index (χ4n) is 5.02. The molecule has 42 heavy (non-hydrogen) atoms. The molecule has 226 valence electrons. The van der Waals surface area contributed by atoms with E-state index in [0.29, 0.717) is 30.1 Å². The van der Waals surface area contributed by atoms with E-state index in [9.17, 15) is 30.8 Å². The molecule has 0 radical (unpaired) electrons. The maximum atomic E-state index is 14.9. The number of carbonyl (C=O) groups excluding carboxylic acids is 1. The Bertz CT molecular complexity index is 1540. The van der Waals surface area contributed by atoms with Crippen molar-refractivity contribution in [3.05, 3.63) is 88.4 Å². The second kappa shape index (κ2) is 12.7. The Morgan fingerprint density at radius 1 is 1.07 bits per heavy atom. The molecule has 3 aromatic rings. The second-order valence-corrected chi connectivity index (χ2v) is 12.6. The molecule has 1 fully saturated rings. The highest BCUT2D eigenvalue weighted by molar-refractivity contribution is 7.92. The van der Waals surface area contributed by atoms with Gasteiger partial charge in [-0.15, -0.1) is 0 Å². The minimum atomic E-state index is -4.61. The molecule has 1 saturated heterocycles. The molecule has 2 aromatic carbocycles. The van der Waals surface area contributed by atoms with Gasteiger partial charge in [-0.05, 0) is 67.0 Å². The number of hydrogen-bond donors (Lipinski definition) is 2. The lowest BCUT2D eigenvalue weighted by atomic mass is 9.89. The third kappa shape index (κ3) is 7.99. The molecule has 4 rings (SSSR count). The number of aryl methyl sites for hydroxylation is 1. The number of alkyl halides is 3. The summed E-state index contributed by atoms with van der Waals surface area (Å²) in [7, 11) is -3.72. The van der Waals surface area contributed by atoms with E-state index in [1.165, 1.54) is 18.2 Å². The highest BCUT2D eigenvalue weighted by Crippen LogP contribution is 2.33. The molecule has 1 aromatic heterocycles. The summed E-state index contributed by atoms with van der Waals surface area (Å²) < 4.78 is 80.8. The molecule has 2 heterocycles. The van der Waals surface area contributed by atoms with Crippen LogP contribution in [0.15, 0.2) is 54.6 Å². The van der Waals surface area contributed by atoms with Gasteiger partial charge in [0, 0.05) is 25.2 Å².